The predicted molar refractivity (Wildman–Crippen MR) is 122 cm³/mol. The maximum Gasteiger partial charge on any atom is 0.364 e. The van der Waals surface area contributed by atoms with Crippen LogP contribution >= 0.6 is 11.6 Å². The maximum absolute atomic E-state index is 12.8. The lowest BCUT2D eigenvalue weighted by atomic mass is 10.1. The molecule has 0 aliphatic rings. The molecule has 176 valence electrons. The van der Waals surface area contributed by atoms with Gasteiger partial charge in [0.1, 0.15) is 17.1 Å². The molecule has 0 aliphatic heterocycles. The molecule has 0 radical (unpaired) electrons. The molecule has 0 bridgehead atoms. The van der Waals surface area contributed by atoms with Crippen LogP contribution in [0.25, 0.3) is 0 Å². The smallest absolute Gasteiger partial charge is 0.364 e. The average molecular weight is 477 g/mol. The second-order valence-electron chi connectivity index (χ2n) is 6.97. The molecular weight excluding hydrogens is 452 g/mol. The lowest BCUT2D eigenvalue weighted by Crippen LogP contribution is -2.30. The molecule has 0 saturated heterocycles. The standard InChI is InChI=1S/C23H25ClN2O7/c1-4-11-25(12-10-22(27)31-13-5-2)33-23(28)19-15-18(7-8-20(19)26(29)30)32-21-9-6-17(24)14-16(21)3/h4,6-9,14-15H,1,5,10-13H2,2-3H3. The third-order valence-electron chi connectivity index (χ3n) is 4.33. The molecule has 0 amide bonds. The minimum absolute atomic E-state index is 0.0256. The summed E-state index contributed by atoms with van der Waals surface area (Å²) in [6, 6.07) is 8.78. The van der Waals surface area contributed by atoms with Gasteiger partial charge in [-0.15, -0.1) is 11.6 Å². The van der Waals surface area contributed by atoms with Gasteiger partial charge in [-0.25, -0.2) is 4.79 Å². The Labute approximate surface area is 196 Å². The number of esters is 1. The van der Waals surface area contributed by atoms with Gasteiger partial charge in [0.25, 0.3) is 5.69 Å². The molecule has 0 unspecified atom stereocenters. The van der Waals surface area contributed by atoms with Crippen molar-refractivity contribution >= 4 is 29.2 Å². The minimum Gasteiger partial charge on any atom is -0.466 e. The van der Waals surface area contributed by atoms with Crippen molar-refractivity contribution in [3.05, 3.63) is 75.3 Å². The maximum atomic E-state index is 12.8. The zero-order valence-corrected chi connectivity index (χ0v) is 19.2. The summed E-state index contributed by atoms with van der Waals surface area (Å²) in [4.78, 5) is 40.6. The van der Waals surface area contributed by atoms with Crippen LogP contribution in [-0.4, -0.2) is 41.6 Å². The highest BCUT2D eigenvalue weighted by molar-refractivity contribution is 6.30. The number of hydrogen-bond acceptors (Lipinski definition) is 8. The SMILES string of the molecule is C=CCN(CCC(=O)OCCC)OC(=O)c1cc(Oc2ccc(Cl)cc2C)ccc1[N+](=O)[O-]. The van der Waals surface area contributed by atoms with Crippen LogP contribution < -0.4 is 4.74 Å². The molecule has 0 aliphatic carbocycles. The fraction of sp³-hybridized carbons (Fsp3) is 0.304. The summed E-state index contributed by atoms with van der Waals surface area (Å²) in [5.74, 6) is -0.728. The highest BCUT2D eigenvalue weighted by Crippen LogP contribution is 2.31. The van der Waals surface area contributed by atoms with Gasteiger partial charge in [-0.1, -0.05) is 24.6 Å². The van der Waals surface area contributed by atoms with Gasteiger partial charge in [0.15, 0.2) is 0 Å². The second-order valence-corrected chi connectivity index (χ2v) is 7.41. The molecule has 0 N–H and O–H groups in total. The van der Waals surface area contributed by atoms with Gasteiger partial charge < -0.3 is 14.3 Å². The summed E-state index contributed by atoms with van der Waals surface area (Å²) >= 11 is 5.95. The van der Waals surface area contributed by atoms with Crippen LogP contribution in [0.1, 0.15) is 35.7 Å². The highest BCUT2D eigenvalue weighted by Gasteiger charge is 2.25. The lowest BCUT2D eigenvalue weighted by molar-refractivity contribution is -0.385. The van der Waals surface area contributed by atoms with E-state index in [2.05, 4.69) is 6.58 Å². The van der Waals surface area contributed by atoms with E-state index >= 15 is 0 Å². The second kappa shape index (κ2) is 12.6. The highest BCUT2D eigenvalue weighted by atomic mass is 35.5. The number of hydrogen-bond donors (Lipinski definition) is 0. The average Bonchev–Trinajstić information content (AvgIpc) is 2.77. The van der Waals surface area contributed by atoms with Crippen molar-refractivity contribution in [3.63, 3.8) is 0 Å². The molecule has 0 saturated carbocycles. The fourth-order valence-corrected chi connectivity index (χ4v) is 2.97. The zero-order chi connectivity index (χ0) is 24.4. The Kier molecular flexibility index (Phi) is 9.84. The molecule has 10 heteroatoms. The fourth-order valence-electron chi connectivity index (χ4n) is 2.74. The van der Waals surface area contributed by atoms with E-state index in [-0.39, 0.29) is 30.8 Å². The Hall–Kier alpha value is -3.43. The molecule has 0 aromatic heterocycles. The Bertz CT molecular complexity index is 1030. The number of ether oxygens (including phenoxy) is 2. The Morgan fingerprint density at radius 1 is 1.24 bits per heavy atom. The van der Waals surface area contributed by atoms with Gasteiger partial charge in [-0.2, -0.15) is 0 Å². The van der Waals surface area contributed by atoms with Gasteiger partial charge in [0.2, 0.25) is 0 Å². The molecule has 0 heterocycles. The molecule has 33 heavy (non-hydrogen) atoms. The van der Waals surface area contributed by atoms with Crippen LogP contribution in [0.2, 0.25) is 5.02 Å². The van der Waals surface area contributed by atoms with Gasteiger partial charge in [-0.3, -0.25) is 14.9 Å². The quantitative estimate of drug-likeness (QED) is 0.177. The monoisotopic (exact) mass is 476 g/mol. The molecule has 0 fully saturated rings. The van der Waals surface area contributed by atoms with Gasteiger partial charge in [0, 0.05) is 23.7 Å². The number of halogens is 1. The first kappa shape index (κ1) is 25.8. The van der Waals surface area contributed by atoms with Crippen LogP contribution in [0.3, 0.4) is 0 Å². The molecule has 2 aromatic rings. The summed E-state index contributed by atoms with van der Waals surface area (Å²) in [6.07, 6.45) is 2.14. The number of rotatable bonds is 12. The van der Waals surface area contributed by atoms with Crippen LogP contribution in [0.15, 0.2) is 49.1 Å². The first-order chi connectivity index (χ1) is 15.7. The number of nitrogens with zero attached hydrogens (tertiary/aromatic N) is 2. The number of benzene rings is 2. The van der Waals surface area contributed by atoms with E-state index in [9.17, 15) is 19.7 Å². The summed E-state index contributed by atoms with van der Waals surface area (Å²) in [6.45, 7) is 7.70. The number of nitro groups is 1. The van der Waals surface area contributed by atoms with Crippen molar-refractivity contribution in [2.24, 2.45) is 0 Å². The third kappa shape index (κ3) is 7.89. The summed E-state index contributed by atoms with van der Waals surface area (Å²) < 4.78 is 10.8. The topological polar surface area (TPSA) is 108 Å². The molecule has 9 nitrogen and oxygen atoms in total. The van der Waals surface area contributed by atoms with E-state index in [0.717, 1.165) is 11.6 Å². The Morgan fingerprint density at radius 3 is 2.64 bits per heavy atom. The summed E-state index contributed by atoms with van der Waals surface area (Å²) in [7, 11) is 0. The van der Waals surface area contributed by atoms with Crippen molar-refractivity contribution < 1.29 is 28.8 Å². The molecule has 2 aromatic carbocycles. The largest absolute Gasteiger partial charge is 0.466 e. The van der Waals surface area contributed by atoms with Crippen molar-refractivity contribution in [2.45, 2.75) is 26.7 Å². The third-order valence-corrected chi connectivity index (χ3v) is 4.56. The van der Waals surface area contributed by atoms with Crippen molar-refractivity contribution in [2.75, 3.05) is 19.7 Å². The van der Waals surface area contributed by atoms with E-state index in [4.69, 9.17) is 25.9 Å². The normalized spacial score (nSPS) is 10.5. The van der Waals surface area contributed by atoms with Crippen molar-refractivity contribution in [1.29, 1.82) is 0 Å². The van der Waals surface area contributed by atoms with Gasteiger partial charge in [-0.05, 0) is 43.2 Å². The number of aryl methyl sites for hydroxylation is 1. The van der Waals surface area contributed by atoms with Crippen LogP contribution in [0.5, 0.6) is 11.5 Å². The van der Waals surface area contributed by atoms with Crippen molar-refractivity contribution in [3.8, 4) is 11.5 Å². The van der Waals surface area contributed by atoms with E-state index in [1.807, 2.05) is 6.92 Å². The Balaban J connectivity index is 2.21. The first-order valence-electron chi connectivity index (χ1n) is 10.2. The number of hydroxylamine groups is 2. The zero-order valence-electron chi connectivity index (χ0n) is 18.4. The van der Waals surface area contributed by atoms with Crippen molar-refractivity contribution in [1.82, 2.24) is 5.06 Å². The van der Waals surface area contributed by atoms with Gasteiger partial charge in [0.05, 0.1) is 24.5 Å². The van der Waals surface area contributed by atoms with Crippen LogP contribution in [0.4, 0.5) is 5.69 Å². The Morgan fingerprint density at radius 2 is 2.00 bits per heavy atom. The summed E-state index contributed by atoms with van der Waals surface area (Å²) in [5, 5.41) is 13.2. The number of carbonyl (C=O) groups is 2. The molecule has 0 atom stereocenters. The molecule has 0 spiro atoms. The van der Waals surface area contributed by atoms with Gasteiger partial charge >= 0.3 is 11.9 Å². The molecular formula is C23H25ClN2O7. The van der Waals surface area contributed by atoms with E-state index in [1.54, 1.807) is 25.1 Å². The predicted octanol–water partition coefficient (Wildman–Crippen LogP) is 5.25. The van der Waals surface area contributed by atoms with E-state index in [0.29, 0.717) is 23.8 Å². The van der Waals surface area contributed by atoms with Crippen LogP contribution in [0, 0.1) is 17.0 Å². The van der Waals surface area contributed by atoms with E-state index in [1.165, 1.54) is 23.3 Å². The lowest BCUT2D eigenvalue weighted by Gasteiger charge is -2.19. The minimum atomic E-state index is -0.969. The van der Waals surface area contributed by atoms with E-state index < -0.39 is 22.5 Å². The summed E-state index contributed by atoms with van der Waals surface area (Å²) in [5.41, 5.74) is 0.00456. The number of nitro benzene ring substituents is 1. The molecule has 2 rings (SSSR count). The number of carbonyl (C=O) groups excluding carboxylic acids is 2. The van der Waals surface area contributed by atoms with Crippen LogP contribution in [-0.2, 0) is 14.4 Å². The first-order valence-corrected chi connectivity index (χ1v) is 10.6.